The SMILES string of the molecule is CCOC(=O)C1=C(COC(=O)CN2C(=O)c3ccccc3C2=O)NC(=O)N[C@@H]1CC. The third-order valence-electron chi connectivity index (χ3n) is 4.69. The fraction of sp³-hybridized carbons (Fsp3) is 0.350. The number of fused-ring (bicyclic) bond motifs is 1. The average molecular weight is 415 g/mol. The fourth-order valence-electron chi connectivity index (χ4n) is 3.29. The molecule has 1 aromatic carbocycles. The Morgan fingerprint density at radius 3 is 2.23 bits per heavy atom. The Morgan fingerprint density at radius 1 is 1.03 bits per heavy atom. The summed E-state index contributed by atoms with van der Waals surface area (Å²) >= 11 is 0. The van der Waals surface area contributed by atoms with Crippen molar-refractivity contribution < 1.29 is 33.4 Å². The molecule has 3 rings (SSSR count). The van der Waals surface area contributed by atoms with Crippen LogP contribution in [0.15, 0.2) is 35.5 Å². The molecule has 1 aromatic rings. The van der Waals surface area contributed by atoms with E-state index in [1.54, 1.807) is 26.0 Å². The molecule has 0 radical (unpaired) electrons. The lowest BCUT2D eigenvalue weighted by atomic mass is 10.0. The highest BCUT2D eigenvalue weighted by atomic mass is 16.5. The van der Waals surface area contributed by atoms with Gasteiger partial charge >= 0.3 is 18.0 Å². The van der Waals surface area contributed by atoms with Crippen molar-refractivity contribution >= 4 is 29.8 Å². The second kappa shape index (κ2) is 8.76. The Labute approximate surface area is 172 Å². The van der Waals surface area contributed by atoms with Gasteiger partial charge in [-0.3, -0.25) is 19.3 Å². The van der Waals surface area contributed by atoms with E-state index in [1.165, 1.54) is 12.1 Å². The number of hydrogen-bond donors (Lipinski definition) is 2. The quantitative estimate of drug-likeness (QED) is 0.496. The molecule has 2 heterocycles. The van der Waals surface area contributed by atoms with Crippen molar-refractivity contribution in [3.8, 4) is 0 Å². The van der Waals surface area contributed by atoms with E-state index in [-0.39, 0.29) is 29.0 Å². The molecular weight excluding hydrogens is 394 g/mol. The predicted molar refractivity (Wildman–Crippen MR) is 102 cm³/mol. The van der Waals surface area contributed by atoms with Crippen molar-refractivity contribution in [3.63, 3.8) is 0 Å². The number of nitrogens with zero attached hydrogens (tertiary/aromatic N) is 1. The Kier molecular flexibility index (Phi) is 6.14. The van der Waals surface area contributed by atoms with Gasteiger partial charge < -0.3 is 20.1 Å². The van der Waals surface area contributed by atoms with Gasteiger partial charge in [0.1, 0.15) is 13.2 Å². The number of esters is 2. The number of rotatable bonds is 7. The van der Waals surface area contributed by atoms with Crippen molar-refractivity contribution in [2.24, 2.45) is 0 Å². The van der Waals surface area contributed by atoms with E-state index in [0.717, 1.165) is 4.90 Å². The van der Waals surface area contributed by atoms with Gasteiger partial charge in [-0.15, -0.1) is 0 Å². The zero-order valence-corrected chi connectivity index (χ0v) is 16.5. The molecule has 0 saturated carbocycles. The van der Waals surface area contributed by atoms with Crippen LogP contribution in [-0.2, 0) is 19.1 Å². The van der Waals surface area contributed by atoms with E-state index in [4.69, 9.17) is 9.47 Å². The standard InChI is InChI=1S/C20H21N3O7/c1-3-13-16(19(27)29-4-2)14(22-20(28)21-13)10-30-15(24)9-23-17(25)11-7-5-6-8-12(11)18(23)26/h5-8,13H,3-4,9-10H2,1-2H3,(H2,21,22,28)/t13-/m1/s1. The summed E-state index contributed by atoms with van der Waals surface area (Å²) in [6.45, 7) is 2.56. The molecule has 0 spiro atoms. The highest BCUT2D eigenvalue weighted by molar-refractivity contribution is 6.22. The zero-order chi connectivity index (χ0) is 21.8. The van der Waals surface area contributed by atoms with Crippen LogP contribution in [-0.4, -0.2) is 60.5 Å². The summed E-state index contributed by atoms with van der Waals surface area (Å²) in [6, 6.07) is 5.13. The van der Waals surface area contributed by atoms with Gasteiger partial charge in [-0.2, -0.15) is 0 Å². The lowest BCUT2D eigenvalue weighted by molar-refractivity contribution is -0.144. The Balaban J connectivity index is 1.71. The average Bonchev–Trinajstić information content (AvgIpc) is 2.97. The minimum absolute atomic E-state index is 0.0970. The van der Waals surface area contributed by atoms with Crippen LogP contribution in [0.5, 0.6) is 0 Å². The van der Waals surface area contributed by atoms with Gasteiger partial charge in [0, 0.05) is 0 Å². The smallest absolute Gasteiger partial charge is 0.338 e. The van der Waals surface area contributed by atoms with E-state index < -0.39 is 49.0 Å². The van der Waals surface area contributed by atoms with Crippen LogP contribution in [0.2, 0.25) is 0 Å². The molecule has 30 heavy (non-hydrogen) atoms. The molecule has 0 bridgehead atoms. The van der Waals surface area contributed by atoms with Crippen LogP contribution in [0.25, 0.3) is 0 Å². The lowest BCUT2D eigenvalue weighted by Crippen LogP contribution is -2.51. The molecule has 2 aliphatic heterocycles. The topological polar surface area (TPSA) is 131 Å². The molecule has 158 valence electrons. The van der Waals surface area contributed by atoms with Gasteiger partial charge in [0.15, 0.2) is 0 Å². The summed E-state index contributed by atoms with van der Waals surface area (Å²) in [5.74, 6) is -2.66. The molecule has 2 N–H and O–H groups in total. The number of carbonyl (C=O) groups is 5. The van der Waals surface area contributed by atoms with Crippen LogP contribution in [0.3, 0.4) is 0 Å². The minimum atomic E-state index is -0.860. The lowest BCUT2D eigenvalue weighted by Gasteiger charge is -2.28. The van der Waals surface area contributed by atoms with Gasteiger partial charge in [0.05, 0.1) is 35.0 Å². The van der Waals surface area contributed by atoms with Gasteiger partial charge in [-0.1, -0.05) is 19.1 Å². The molecule has 10 heteroatoms. The fourth-order valence-corrected chi connectivity index (χ4v) is 3.29. The van der Waals surface area contributed by atoms with Gasteiger partial charge in [0.2, 0.25) is 0 Å². The van der Waals surface area contributed by atoms with E-state index in [2.05, 4.69) is 10.6 Å². The molecule has 2 aliphatic rings. The van der Waals surface area contributed by atoms with Crippen LogP contribution in [0.4, 0.5) is 4.79 Å². The highest BCUT2D eigenvalue weighted by Crippen LogP contribution is 2.22. The van der Waals surface area contributed by atoms with E-state index in [0.29, 0.717) is 6.42 Å². The molecule has 10 nitrogen and oxygen atoms in total. The van der Waals surface area contributed by atoms with Crippen LogP contribution >= 0.6 is 0 Å². The first kappa shape index (κ1) is 21.0. The van der Waals surface area contributed by atoms with E-state index in [1.807, 2.05) is 0 Å². The van der Waals surface area contributed by atoms with Gasteiger partial charge in [0.25, 0.3) is 11.8 Å². The molecular formula is C20H21N3O7. The Hall–Kier alpha value is -3.69. The molecule has 0 aromatic heterocycles. The molecule has 0 aliphatic carbocycles. The first-order chi connectivity index (χ1) is 14.4. The minimum Gasteiger partial charge on any atom is -0.463 e. The second-order valence-electron chi connectivity index (χ2n) is 6.57. The van der Waals surface area contributed by atoms with Crippen molar-refractivity contribution in [2.75, 3.05) is 19.8 Å². The number of carbonyl (C=O) groups excluding carboxylic acids is 5. The summed E-state index contributed by atoms with van der Waals surface area (Å²) < 4.78 is 10.2. The number of urea groups is 1. The largest absolute Gasteiger partial charge is 0.463 e. The number of benzene rings is 1. The normalized spacial score (nSPS) is 18.0. The predicted octanol–water partition coefficient (Wildman–Crippen LogP) is 0.734. The molecule has 4 amide bonds. The van der Waals surface area contributed by atoms with Gasteiger partial charge in [-0.05, 0) is 25.5 Å². The van der Waals surface area contributed by atoms with Crippen molar-refractivity contribution in [2.45, 2.75) is 26.3 Å². The number of hydrogen-bond acceptors (Lipinski definition) is 7. The molecule has 0 saturated heterocycles. The number of amides is 4. The van der Waals surface area contributed by atoms with E-state index in [9.17, 15) is 24.0 Å². The van der Waals surface area contributed by atoms with E-state index >= 15 is 0 Å². The van der Waals surface area contributed by atoms with Crippen LogP contribution < -0.4 is 10.6 Å². The highest BCUT2D eigenvalue weighted by Gasteiger charge is 2.37. The molecule has 0 fully saturated rings. The maximum atomic E-state index is 12.3. The Bertz CT molecular complexity index is 918. The number of nitrogens with one attached hydrogen (secondary N) is 2. The first-order valence-corrected chi connectivity index (χ1v) is 9.45. The van der Waals surface area contributed by atoms with Crippen LogP contribution in [0.1, 0.15) is 41.0 Å². The van der Waals surface area contributed by atoms with Crippen molar-refractivity contribution in [1.29, 1.82) is 0 Å². The number of imide groups is 1. The van der Waals surface area contributed by atoms with Crippen molar-refractivity contribution in [1.82, 2.24) is 15.5 Å². The molecule has 0 unspecified atom stereocenters. The summed E-state index contributed by atoms with van der Waals surface area (Å²) in [4.78, 5) is 61.9. The van der Waals surface area contributed by atoms with Crippen LogP contribution in [0, 0.1) is 0 Å². The summed E-state index contributed by atoms with van der Waals surface area (Å²) in [6.07, 6.45) is 0.425. The third kappa shape index (κ3) is 4.02. The van der Waals surface area contributed by atoms with Gasteiger partial charge in [-0.25, -0.2) is 9.59 Å². The summed E-state index contributed by atoms with van der Waals surface area (Å²) in [5.41, 5.74) is 0.699. The summed E-state index contributed by atoms with van der Waals surface area (Å²) in [5, 5.41) is 5.06. The zero-order valence-electron chi connectivity index (χ0n) is 16.5. The maximum absolute atomic E-state index is 12.3. The number of ether oxygens (including phenoxy) is 2. The summed E-state index contributed by atoms with van der Waals surface area (Å²) in [7, 11) is 0. The van der Waals surface area contributed by atoms with Crippen molar-refractivity contribution in [3.05, 3.63) is 46.7 Å². The molecule has 1 atom stereocenters. The first-order valence-electron chi connectivity index (χ1n) is 9.45. The second-order valence-corrected chi connectivity index (χ2v) is 6.57. The monoisotopic (exact) mass is 415 g/mol. The third-order valence-corrected chi connectivity index (χ3v) is 4.69. The Morgan fingerprint density at radius 2 is 1.67 bits per heavy atom. The maximum Gasteiger partial charge on any atom is 0.338 e.